The van der Waals surface area contributed by atoms with E-state index in [9.17, 15) is 13.2 Å². The van der Waals surface area contributed by atoms with E-state index in [-0.39, 0.29) is 12.2 Å². The van der Waals surface area contributed by atoms with Crippen molar-refractivity contribution in [1.29, 1.82) is 0 Å². The lowest BCUT2D eigenvalue weighted by Crippen LogP contribution is -2.43. The quantitative estimate of drug-likeness (QED) is 0.434. The molecule has 3 unspecified atom stereocenters. The average molecular weight is 483 g/mol. The molecule has 0 amide bonds. The van der Waals surface area contributed by atoms with Gasteiger partial charge in [-0.05, 0) is 70.7 Å². The topological polar surface area (TPSA) is 34.1 Å². The summed E-state index contributed by atoms with van der Waals surface area (Å²) in [6.07, 6.45) is -0.356. The summed E-state index contributed by atoms with van der Waals surface area (Å²) in [6, 6.07) is 9.90. The van der Waals surface area contributed by atoms with Gasteiger partial charge in [-0.15, -0.1) is 0 Å². The lowest BCUT2D eigenvalue weighted by atomic mass is 9.74. The van der Waals surface area contributed by atoms with Gasteiger partial charge in [-0.1, -0.05) is 32.0 Å². The first kappa shape index (κ1) is 22.5. The SMILES string of the molecule is CC1(C)CNC(c2ccccc2C(F)(F)F)c2cc(COc3cc4c(cn3)C3CC3C4)c(F)cc21. The summed E-state index contributed by atoms with van der Waals surface area (Å²) < 4.78 is 62.4. The van der Waals surface area contributed by atoms with Gasteiger partial charge < -0.3 is 10.1 Å². The number of pyridine rings is 1. The first-order chi connectivity index (χ1) is 16.6. The van der Waals surface area contributed by atoms with Crippen LogP contribution in [0.5, 0.6) is 5.88 Å². The molecule has 6 rings (SSSR count). The molecule has 1 N–H and O–H groups in total. The van der Waals surface area contributed by atoms with Crippen molar-refractivity contribution in [3.63, 3.8) is 0 Å². The van der Waals surface area contributed by atoms with Gasteiger partial charge in [0, 0.05) is 29.8 Å². The van der Waals surface area contributed by atoms with Crippen LogP contribution < -0.4 is 10.1 Å². The zero-order chi connectivity index (χ0) is 24.5. The molecular formula is C28H26F4N2O. The highest BCUT2D eigenvalue weighted by molar-refractivity contribution is 5.49. The minimum absolute atomic E-state index is 0.0498. The molecule has 1 fully saturated rings. The first-order valence-electron chi connectivity index (χ1n) is 12.0. The monoisotopic (exact) mass is 482 g/mol. The number of ether oxygens (including phenoxy) is 1. The van der Waals surface area contributed by atoms with Crippen molar-refractivity contribution in [3.8, 4) is 5.88 Å². The number of benzene rings is 2. The summed E-state index contributed by atoms with van der Waals surface area (Å²) in [4.78, 5) is 4.40. The number of alkyl halides is 3. The number of nitrogens with one attached hydrogen (secondary N) is 1. The van der Waals surface area contributed by atoms with Crippen LogP contribution in [0.3, 0.4) is 0 Å². The molecule has 3 nitrogen and oxygen atoms in total. The largest absolute Gasteiger partial charge is 0.473 e. The second-order valence-electron chi connectivity index (χ2n) is 10.6. The Bertz CT molecular complexity index is 1320. The van der Waals surface area contributed by atoms with Crippen molar-refractivity contribution in [2.75, 3.05) is 6.54 Å². The maximum absolute atomic E-state index is 15.2. The highest BCUT2D eigenvalue weighted by Crippen LogP contribution is 2.56. The zero-order valence-electron chi connectivity index (χ0n) is 19.5. The van der Waals surface area contributed by atoms with Crippen LogP contribution in [0.15, 0.2) is 48.7 Å². The molecule has 0 radical (unpaired) electrons. The molecule has 0 spiro atoms. The smallest absolute Gasteiger partial charge is 0.416 e. The Kier molecular flexibility index (Phi) is 5.01. The maximum Gasteiger partial charge on any atom is 0.416 e. The van der Waals surface area contributed by atoms with E-state index >= 15 is 4.39 Å². The van der Waals surface area contributed by atoms with Crippen LogP contribution in [-0.2, 0) is 24.6 Å². The fraction of sp³-hybridized carbons (Fsp3) is 0.393. The molecule has 2 aromatic carbocycles. The Morgan fingerprint density at radius 1 is 1.09 bits per heavy atom. The van der Waals surface area contributed by atoms with E-state index in [0.717, 1.165) is 18.4 Å². The van der Waals surface area contributed by atoms with Crippen molar-refractivity contribution >= 4 is 0 Å². The minimum Gasteiger partial charge on any atom is -0.473 e. The number of fused-ring (bicyclic) bond motifs is 4. The number of hydrogen-bond acceptors (Lipinski definition) is 3. The van der Waals surface area contributed by atoms with E-state index < -0.39 is 29.0 Å². The highest BCUT2D eigenvalue weighted by Gasteiger charge is 2.45. The van der Waals surface area contributed by atoms with Crippen LogP contribution in [0.2, 0.25) is 0 Å². The molecule has 7 heteroatoms. The number of halogens is 4. The minimum atomic E-state index is -4.49. The lowest BCUT2D eigenvalue weighted by molar-refractivity contribution is -0.138. The van der Waals surface area contributed by atoms with Crippen LogP contribution in [0.1, 0.15) is 71.2 Å². The molecular weight excluding hydrogens is 456 g/mol. The number of hydrogen-bond donors (Lipinski definition) is 1. The van der Waals surface area contributed by atoms with Gasteiger partial charge >= 0.3 is 6.18 Å². The van der Waals surface area contributed by atoms with E-state index in [0.29, 0.717) is 35.0 Å². The van der Waals surface area contributed by atoms with Crippen molar-refractivity contribution in [2.45, 2.75) is 56.8 Å². The van der Waals surface area contributed by atoms with Gasteiger partial charge in [-0.25, -0.2) is 9.37 Å². The number of aromatic nitrogens is 1. The van der Waals surface area contributed by atoms with Gasteiger partial charge in [0.25, 0.3) is 0 Å². The van der Waals surface area contributed by atoms with Crippen molar-refractivity contribution in [1.82, 2.24) is 10.3 Å². The maximum atomic E-state index is 15.2. The normalized spacial score (nSPS) is 23.9. The van der Waals surface area contributed by atoms with E-state index in [1.165, 1.54) is 35.7 Å². The summed E-state index contributed by atoms with van der Waals surface area (Å²) in [6.45, 7) is 4.29. The second kappa shape index (κ2) is 7.79. The van der Waals surface area contributed by atoms with Crippen molar-refractivity contribution in [2.24, 2.45) is 5.92 Å². The Hall–Kier alpha value is -2.93. The van der Waals surface area contributed by atoms with Gasteiger partial charge in [0.2, 0.25) is 5.88 Å². The Morgan fingerprint density at radius 3 is 2.69 bits per heavy atom. The van der Waals surface area contributed by atoms with Crippen LogP contribution in [-0.4, -0.2) is 11.5 Å². The molecule has 0 bridgehead atoms. The van der Waals surface area contributed by atoms with E-state index in [2.05, 4.69) is 10.3 Å². The van der Waals surface area contributed by atoms with Crippen LogP contribution in [0.25, 0.3) is 0 Å². The highest BCUT2D eigenvalue weighted by atomic mass is 19.4. The van der Waals surface area contributed by atoms with Gasteiger partial charge in [0.05, 0.1) is 11.6 Å². The van der Waals surface area contributed by atoms with Gasteiger partial charge in [-0.3, -0.25) is 0 Å². The summed E-state index contributed by atoms with van der Waals surface area (Å²) in [5.41, 5.74) is 3.18. The summed E-state index contributed by atoms with van der Waals surface area (Å²) in [5, 5.41) is 3.28. The first-order valence-corrected chi connectivity index (χ1v) is 12.0. The molecule has 1 aliphatic heterocycles. The lowest BCUT2D eigenvalue weighted by Gasteiger charge is -2.39. The fourth-order valence-electron chi connectivity index (χ4n) is 5.78. The molecule has 182 valence electrons. The van der Waals surface area contributed by atoms with Gasteiger partial charge in [0.15, 0.2) is 0 Å². The molecule has 2 aliphatic carbocycles. The Morgan fingerprint density at radius 2 is 1.89 bits per heavy atom. The Balaban J connectivity index is 1.34. The number of nitrogens with zero attached hydrogens (tertiary/aromatic N) is 1. The zero-order valence-corrected chi connectivity index (χ0v) is 19.5. The third-order valence-corrected chi connectivity index (χ3v) is 7.76. The third-order valence-electron chi connectivity index (χ3n) is 7.76. The Labute approximate surface area is 201 Å². The third kappa shape index (κ3) is 3.90. The summed E-state index contributed by atoms with van der Waals surface area (Å²) >= 11 is 0. The molecule has 1 aromatic heterocycles. The predicted octanol–water partition coefficient (Wildman–Crippen LogP) is 6.45. The summed E-state index contributed by atoms with van der Waals surface area (Å²) in [5.74, 6) is 1.38. The molecule has 2 heterocycles. The molecule has 3 aliphatic rings. The summed E-state index contributed by atoms with van der Waals surface area (Å²) in [7, 11) is 0. The van der Waals surface area contributed by atoms with Crippen molar-refractivity contribution in [3.05, 3.63) is 93.4 Å². The van der Waals surface area contributed by atoms with Crippen LogP contribution in [0.4, 0.5) is 17.6 Å². The average Bonchev–Trinajstić information content (AvgIpc) is 3.48. The standard InChI is InChI=1S/C28H26F4N2O/c1-27(2)14-34-26(18-5-3-4-6-22(18)28(30,31)32)20-9-17(24(29)11-23(20)27)13-35-25-10-16-7-15-8-19(15)21(16)12-33-25/h3-6,9-12,15,19,26,34H,7-8,13-14H2,1-2H3. The van der Waals surface area contributed by atoms with Crippen LogP contribution in [0, 0.1) is 11.7 Å². The second-order valence-corrected chi connectivity index (χ2v) is 10.6. The van der Waals surface area contributed by atoms with Gasteiger partial charge in [-0.2, -0.15) is 13.2 Å². The molecule has 0 saturated heterocycles. The number of rotatable bonds is 4. The van der Waals surface area contributed by atoms with E-state index in [1.54, 1.807) is 12.1 Å². The van der Waals surface area contributed by atoms with Crippen molar-refractivity contribution < 1.29 is 22.3 Å². The predicted molar refractivity (Wildman–Crippen MR) is 124 cm³/mol. The van der Waals surface area contributed by atoms with Gasteiger partial charge in [0.1, 0.15) is 12.4 Å². The van der Waals surface area contributed by atoms with E-state index in [4.69, 9.17) is 4.74 Å². The molecule has 35 heavy (non-hydrogen) atoms. The molecule has 1 saturated carbocycles. The van der Waals surface area contributed by atoms with E-state index in [1.807, 2.05) is 26.1 Å². The molecule has 3 aromatic rings. The van der Waals surface area contributed by atoms with Crippen LogP contribution >= 0.6 is 0 Å². The molecule has 3 atom stereocenters. The fourth-order valence-corrected chi connectivity index (χ4v) is 5.78.